The van der Waals surface area contributed by atoms with Crippen molar-refractivity contribution in [1.82, 2.24) is 19.5 Å². The van der Waals surface area contributed by atoms with Gasteiger partial charge in [0.1, 0.15) is 5.76 Å². The second-order valence-corrected chi connectivity index (χ2v) is 8.66. The number of hydrogen-bond acceptors (Lipinski definition) is 5. The van der Waals surface area contributed by atoms with Crippen LogP contribution in [0.25, 0.3) is 5.82 Å². The molecule has 1 saturated heterocycles. The fraction of sp³-hybridized carbons (Fsp3) is 0.400. The zero-order valence-electron chi connectivity index (χ0n) is 19.2. The topological polar surface area (TPSA) is 71.6 Å². The van der Waals surface area contributed by atoms with Gasteiger partial charge in [0.15, 0.2) is 11.6 Å². The van der Waals surface area contributed by atoms with Gasteiger partial charge >= 0.3 is 0 Å². The lowest BCUT2D eigenvalue weighted by Gasteiger charge is -2.34. The second-order valence-electron chi connectivity index (χ2n) is 8.66. The van der Waals surface area contributed by atoms with Crippen LogP contribution in [0.1, 0.15) is 38.6 Å². The van der Waals surface area contributed by atoms with Gasteiger partial charge < -0.3 is 9.42 Å². The first kappa shape index (κ1) is 22.0. The summed E-state index contributed by atoms with van der Waals surface area (Å²) in [5, 5.41) is 4.08. The van der Waals surface area contributed by atoms with Gasteiger partial charge in [-0.25, -0.2) is 0 Å². The van der Waals surface area contributed by atoms with Gasteiger partial charge in [0.05, 0.1) is 13.0 Å². The summed E-state index contributed by atoms with van der Waals surface area (Å²) in [5.74, 6) is 1.66. The zero-order chi connectivity index (χ0) is 22.8. The van der Waals surface area contributed by atoms with E-state index in [1.165, 1.54) is 5.56 Å². The Morgan fingerprint density at radius 3 is 2.28 bits per heavy atom. The normalized spacial score (nSPS) is 14.7. The number of nitrogens with zero attached hydrogens (tertiary/aromatic N) is 4. The molecule has 4 rings (SSSR count). The van der Waals surface area contributed by atoms with Gasteiger partial charge in [-0.05, 0) is 39.3 Å². The Hall–Kier alpha value is -3.19. The molecular formula is C25H30N4O3. The molecule has 1 aliphatic rings. The lowest BCUT2D eigenvalue weighted by atomic mass is 10.1. The fourth-order valence-corrected chi connectivity index (χ4v) is 4.29. The summed E-state index contributed by atoms with van der Waals surface area (Å²) in [7, 11) is 0. The number of aromatic nitrogens is 2. The third-order valence-corrected chi connectivity index (χ3v) is 6.14. The zero-order valence-corrected chi connectivity index (χ0v) is 19.2. The van der Waals surface area contributed by atoms with Crippen LogP contribution in [-0.4, -0.2) is 63.9 Å². The summed E-state index contributed by atoms with van der Waals surface area (Å²) in [6.07, 6.45) is 0.423. The first-order chi connectivity index (χ1) is 15.3. The summed E-state index contributed by atoms with van der Waals surface area (Å²) in [6, 6.07) is 11.9. The minimum absolute atomic E-state index is 0.0870. The van der Waals surface area contributed by atoms with Gasteiger partial charge in [-0.1, -0.05) is 35.0 Å². The van der Waals surface area contributed by atoms with Crippen LogP contribution < -0.4 is 0 Å². The molecule has 1 aromatic carbocycles. The first-order valence-corrected chi connectivity index (χ1v) is 11.0. The number of carbonyl (C=O) groups is 2. The van der Waals surface area contributed by atoms with E-state index in [4.69, 9.17) is 4.52 Å². The number of piperazine rings is 1. The van der Waals surface area contributed by atoms with Gasteiger partial charge in [-0.3, -0.25) is 19.1 Å². The number of amides is 1. The average molecular weight is 435 g/mol. The van der Waals surface area contributed by atoms with E-state index in [1.54, 1.807) is 0 Å². The van der Waals surface area contributed by atoms with E-state index < -0.39 is 0 Å². The second kappa shape index (κ2) is 9.12. The Labute approximate surface area is 188 Å². The van der Waals surface area contributed by atoms with E-state index in [0.29, 0.717) is 50.5 Å². The van der Waals surface area contributed by atoms with Gasteiger partial charge in [-0.2, -0.15) is 0 Å². The largest absolute Gasteiger partial charge is 0.360 e. The Balaban J connectivity index is 1.34. The molecule has 7 heteroatoms. The minimum atomic E-state index is 0.0870. The number of rotatable bonds is 6. The Morgan fingerprint density at radius 1 is 0.969 bits per heavy atom. The monoisotopic (exact) mass is 434 g/mol. The van der Waals surface area contributed by atoms with E-state index in [1.807, 2.05) is 73.6 Å². The maximum Gasteiger partial charge on any atom is 0.227 e. The molecule has 0 unspecified atom stereocenters. The van der Waals surface area contributed by atoms with Crippen molar-refractivity contribution in [2.75, 3.05) is 32.7 Å². The molecule has 3 aromatic rings. The van der Waals surface area contributed by atoms with Crippen molar-refractivity contribution < 1.29 is 14.1 Å². The number of ketones is 1. The molecule has 1 aliphatic heterocycles. The predicted octanol–water partition coefficient (Wildman–Crippen LogP) is 3.27. The minimum Gasteiger partial charge on any atom is -0.360 e. The number of carbonyl (C=O) groups excluding carboxylic acids is 2. The van der Waals surface area contributed by atoms with Gasteiger partial charge in [0.25, 0.3) is 0 Å². The lowest BCUT2D eigenvalue weighted by Crippen LogP contribution is -2.50. The SMILES string of the molecule is Cc1ccc(CC(=O)N2CCN(CC(=O)c3cc(C)n(-c4cc(C)on4)c3C)CC2)cc1. The molecular weight excluding hydrogens is 404 g/mol. The molecule has 168 valence electrons. The molecule has 1 fully saturated rings. The number of hydrogen-bond donors (Lipinski definition) is 0. The molecule has 0 spiro atoms. The van der Waals surface area contributed by atoms with Crippen molar-refractivity contribution >= 4 is 11.7 Å². The van der Waals surface area contributed by atoms with Gasteiger partial charge in [-0.15, -0.1) is 0 Å². The molecule has 0 atom stereocenters. The van der Waals surface area contributed by atoms with Gasteiger partial charge in [0.2, 0.25) is 5.91 Å². The lowest BCUT2D eigenvalue weighted by molar-refractivity contribution is -0.132. The molecule has 1 amide bonds. The van der Waals surface area contributed by atoms with Crippen LogP contribution in [0.4, 0.5) is 0 Å². The highest BCUT2D eigenvalue weighted by Crippen LogP contribution is 2.21. The van der Waals surface area contributed by atoms with E-state index in [9.17, 15) is 9.59 Å². The molecule has 2 aromatic heterocycles. The van der Waals surface area contributed by atoms with Crippen molar-refractivity contribution in [1.29, 1.82) is 0 Å². The molecule has 0 bridgehead atoms. The Kier molecular flexibility index (Phi) is 6.28. The van der Waals surface area contributed by atoms with Crippen LogP contribution in [0, 0.1) is 27.7 Å². The maximum atomic E-state index is 13.0. The van der Waals surface area contributed by atoms with Crippen LogP contribution in [0.15, 0.2) is 40.9 Å². The average Bonchev–Trinajstić information content (AvgIpc) is 3.32. The number of benzene rings is 1. The van der Waals surface area contributed by atoms with Crippen molar-refractivity contribution in [2.45, 2.75) is 34.1 Å². The Morgan fingerprint density at radius 2 is 1.66 bits per heavy atom. The van der Waals surface area contributed by atoms with Crippen LogP contribution in [0.2, 0.25) is 0 Å². The summed E-state index contributed by atoms with van der Waals surface area (Å²) in [6.45, 7) is 10.8. The third kappa shape index (κ3) is 4.67. The molecule has 0 radical (unpaired) electrons. The summed E-state index contributed by atoms with van der Waals surface area (Å²) >= 11 is 0. The molecule has 0 N–H and O–H groups in total. The molecule has 7 nitrogen and oxygen atoms in total. The van der Waals surface area contributed by atoms with Crippen LogP contribution in [0.5, 0.6) is 0 Å². The predicted molar refractivity (Wildman–Crippen MR) is 122 cm³/mol. The molecule has 32 heavy (non-hydrogen) atoms. The van der Waals surface area contributed by atoms with Crippen molar-refractivity contribution in [2.24, 2.45) is 0 Å². The Bertz CT molecular complexity index is 1120. The summed E-state index contributed by atoms with van der Waals surface area (Å²) < 4.78 is 7.15. The van der Waals surface area contributed by atoms with Gasteiger partial charge in [0, 0.05) is 49.2 Å². The smallest absolute Gasteiger partial charge is 0.227 e. The first-order valence-electron chi connectivity index (χ1n) is 11.0. The van der Waals surface area contributed by atoms with Crippen LogP contribution in [0.3, 0.4) is 0 Å². The van der Waals surface area contributed by atoms with Crippen LogP contribution in [-0.2, 0) is 11.2 Å². The maximum absolute atomic E-state index is 13.0. The standard InChI is InChI=1S/C25H30N4O3/c1-17-5-7-21(8-6-17)15-25(31)28-11-9-27(10-12-28)16-23(30)22-13-18(2)29(20(22)4)24-14-19(3)32-26-24/h5-8,13-14H,9-12,15-16H2,1-4H3. The highest BCUT2D eigenvalue weighted by Gasteiger charge is 2.25. The summed E-state index contributed by atoms with van der Waals surface area (Å²) in [5.41, 5.74) is 4.76. The fourth-order valence-electron chi connectivity index (χ4n) is 4.29. The summed E-state index contributed by atoms with van der Waals surface area (Å²) in [4.78, 5) is 29.7. The van der Waals surface area contributed by atoms with Crippen molar-refractivity contribution in [3.8, 4) is 5.82 Å². The van der Waals surface area contributed by atoms with E-state index >= 15 is 0 Å². The van der Waals surface area contributed by atoms with Crippen molar-refractivity contribution in [3.05, 3.63) is 70.2 Å². The van der Waals surface area contributed by atoms with E-state index in [2.05, 4.69) is 10.1 Å². The highest BCUT2D eigenvalue weighted by molar-refractivity contribution is 5.99. The molecule has 3 heterocycles. The quantitative estimate of drug-likeness (QED) is 0.557. The highest BCUT2D eigenvalue weighted by atomic mass is 16.5. The molecule has 0 saturated carbocycles. The van der Waals surface area contributed by atoms with Crippen LogP contribution >= 0.6 is 0 Å². The number of aryl methyl sites for hydroxylation is 3. The van der Waals surface area contributed by atoms with Crippen molar-refractivity contribution in [3.63, 3.8) is 0 Å². The van der Waals surface area contributed by atoms with E-state index in [-0.39, 0.29) is 11.7 Å². The number of Topliss-reactive ketones (excluding diaryl/α,β-unsaturated/α-hetero) is 1. The van der Waals surface area contributed by atoms with E-state index in [0.717, 1.165) is 22.7 Å². The molecule has 0 aliphatic carbocycles. The third-order valence-electron chi connectivity index (χ3n) is 6.14.